The van der Waals surface area contributed by atoms with Gasteiger partial charge in [0.05, 0.1) is 0 Å². The molecule has 0 radical (unpaired) electrons. The second-order valence-corrected chi connectivity index (χ2v) is 6.90. The van der Waals surface area contributed by atoms with Gasteiger partial charge in [0, 0.05) is 28.2 Å². The van der Waals surface area contributed by atoms with Crippen LogP contribution in [0.15, 0.2) is 40.4 Å². The molecule has 0 saturated heterocycles. The van der Waals surface area contributed by atoms with Crippen LogP contribution in [-0.2, 0) is 4.79 Å². The molecule has 0 atom stereocenters. The van der Waals surface area contributed by atoms with Crippen molar-refractivity contribution >= 4 is 29.4 Å². The summed E-state index contributed by atoms with van der Waals surface area (Å²) in [4.78, 5) is 12.4. The van der Waals surface area contributed by atoms with Crippen LogP contribution in [0.3, 0.4) is 0 Å². The number of nitriles is 1. The average Bonchev–Trinajstić information content (AvgIpc) is 3.18. The van der Waals surface area contributed by atoms with Gasteiger partial charge < -0.3 is 14.4 Å². The summed E-state index contributed by atoms with van der Waals surface area (Å²) < 4.78 is 6.98. The lowest BCUT2D eigenvalue weighted by molar-refractivity contribution is -0.112. The van der Waals surface area contributed by atoms with Crippen LogP contribution in [0.25, 0.3) is 11.8 Å². The molecule has 2 heterocycles. The van der Waals surface area contributed by atoms with Gasteiger partial charge in [0.25, 0.3) is 5.91 Å². The van der Waals surface area contributed by atoms with E-state index in [1.54, 1.807) is 19.1 Å². The number of hydrogen-bond acceptors (Lipinski definition) is 4. The van der Waals surface area contributed by atoms with Gasteiger partial charge in [-0.05, 0) is 63.1 Å². The lowest BCUT2D eigenvalue weighted by atomic mass is 10.1. The highest BCUT2D eigenvalue weighted by atomic mass is 35.5. The number of aromatic nitrogens is 2. The Morgan fingerprint density at radius 2 is 2.04 bits per heavy atom. The van der Waals surface area contributed by atoms with E-state index < -0.39 is 5.91 Å². The predicted molar refractivity (Wildman–Crippen MR) is 108 cm³/mol. The molecule has 28 heavy (non-hydrogen) atoms. The largest absolute Gasteiger partial charge is 0.360 e. The van der Waals surface area contributed by atoms with Gasteiger partial charge in [-0.25, -0.2) is 0 Å². The molecule has 0 unspecified atom stereocenters. The van der Waals surface area contributed by atoms with Crippen molar-refractivity contribution in [1.29, 1.82) is 5.26 Å². The third kappa shape index (κ3) is 3.71. The maximum absolute atomic E-state index is 12.4. The fraction of sp³-hybridized carbons (Fsp3) is 0.190. The van der Waals surface area contributed by atoms with Crippen LogP contribution in [0.4, 0.5) is 5.82 Å². The minimum Gasteiger partial charge on any atom is -0.360 e. The summed E-state index contributed by atoms with van der Waals surface area (Å²) in [6.07, 6.45) is 1.57. The third-order valence-corrected chi connectivity index (χ3v) is 4.89. The zero-order valence-corrected chi connectivity index (χ0v) is 16.8. The van der Waals surface area contributed by atoms with Crippen molar-refractivity contribution in [2.24, 2.45) is 0 Å². The molecule has 3 rings (SSSR count). The number of benzene rings is 1. The number of nitrogens with one attached hydrogen (secondary N) is 1. The molecule has 1 N–H and O–H groups in total. The van der Waals surface area contributed by atoms with E-state index in [4.69, 9.17) is 16.1 Å². The summed E-state index contributed by atoms with van der Waals surface area (Å²) in [6.45, 7) is 7.58. The molecule has 0 aliphatic carbocycles. The second kappa shape index (κ2) is 7.75. The van der Waals surface area contributed by atoms with E-state index in [2.05, 4.69) is 15.0 Å². The smallest absolute Gasteiger partial charge is 0.267 e. The Hall–Kier alpha value is -3.30. The molecule has 1 aromatic carbocycles. The van der Waals surface area contributed by atoms with Gasteiger partial charge in [0.2, 0.25) is 0 Å². The molecular weight excluding hydrogens is 376 g/mol. The Labute approximate surface area is 168 Å². The van der Waals surface area contributed by atoms with Crippen molar-refractivity contribution in [1.82, 2.24) is 9.72 Å². The molecule has 1 amide bonds. The average molecular weight is 395 g/mol. The number of carbonyl (C=O) groups is 1. The van der Waals surface area contributed by atoms with E-state index in [0.29, 0.717) is 10.8 Å². The summed E-state index contributed by atoms with van der Waals surface area (Å²) in [7, 11) is 0. The lowest BCUT2D eigenvalue weighted by Crippen LogP contribution is -2.13. The number of carbonyl (C=O) groups excluding carboxylic acids is 1. The standard InChI is InChI=1S/C21H19ClN4O2/c1-12-8-16(15(4)26(12)19-7-5-6-18(22)14(19)3)10-17(11-23)21(27)24-20-9-13(2)28-25-20/h5-10H,1-4H3,(H,24,25,27)/b17-10-. The number of nitrogens with zero attached hydrogens (tertiary/aromatic N) is 3. The zero-order chi connectivity index (χ0) is 20.4. The van der Waals surface area contributed by atoms with E-state index in [0.717, 1.165) is 28.2 Å². The van der Waals surface area contributed by atoms with Crippen molar-refractivity contribution in [2.45, 2.75) is 27.7 Å². The lowest BCUT2D eigenvalue weighted by Gasteiger charge is -2.13. The maximum Gasteiger partial charge on any atom is 0.267 e. The highest BCUT2D eigenvalue weighted by Gasteiger charge is 2.16. The minimum atomic E-state index is -0.542. The van der Waals surface area contributed by atoms with Gasteiger partial charge in [0.1, 0.15) is 17.4 Å². The van der Waals surface area contributed by atoms with Crippen LogP contribution in [-0.4, -0.2) is 15.6 Å². The number of hydrogen-bond donors (Lipinski definition) is 1. The summed E-state index contributed by atoms with van der Waals surface area (Å²) in [5, 5.41) is 16.4. The zero-order valence-electron chi connectivity index (χ0n) is 16.0. The Morgan fingerprint density at radius 1 is 1.29 bits per heavy atom. The van der Waals surface area contributed by atoms with Crippen LogP contribution < -0.4 is 5.32 Å². The number of amides is 1. The first-order valence-corrected chi connectivity index (χ1v) is 9.00. The number of halogens is 1. The fourth-order valence-electron chi connectivity index (χ4n) is 3.06. The number of anilines is 1. The van der Waals surface area contributed by atoms with Gasteiger partial charge >= 0.3 is 0 Å². The molecule has 0 spiro atoms. The molecule has 0 fully saturated rings. The van der Waals surface area contributed by atoms with Crippen molar-refractivity contribution in [2.75, 3.05) is 5.32 Å². The highest BCUT2D eigenvalue weighted by molar-refractivity contribution is 6.31. The van der Waals surface area contributed by atoms with E-state index in [1.807, 2.05) is 51.1 Å². The van der Waals surface area contributed by atoms with E-state index in [-0.39, 0.29) is 11.4 Å². The molecule has 2 aromatic heterocycles. The first-order valence-electron chi connectivity index (χ1n) is 8.62. The van der Waals surface area contributed by atoms with Crippen molar-refractivity contribution in [3.05, 3.63) is 69.2 Å². The first kappa shape index (κ1) is 19.5. The summed E-state index contributed by atoms with van der Waals surface area (Å²) >= 11 is 6.27. The second-order valence-electron chi connectivity index (χ2n) is 6.49. The first-order chi connectivity index (χ1) is 13.3. The minimum absolute atomic E-state index is 0.0243. The monoisotopic (exact) mass is 394 g/mol. The quantitative estimate of drug-likeness (QED) is 0.504. The van der Waals surface area contributed by atoms with E-state index in [9.17, 15) is 10.1 Å². The van der Waals surface area contributed by atoms with Gasteiger partial charge in [-0.15, -0.1) is 0 Å². The van der Waals surface area contributed by atoms with Gasteiger partial charge in [-0.2, -0.15) is 5.26 Å². The Morgan fingerprint density at radius 3 is 2.68 bits per heavy atom. The van der Waals surface area contributed by atoms with Crippen molar-refractivity contribution < 1.29 is 9.32 Å². The Kier molecular flexibility index (Phi) is 5.39. The third-order valence-electron chi connectivity index (χ3n) is 4.48. The van der Waals surface area contributed by atoms with E-state index >= 15 is 0 Å². The highest BCUT2D eigenvalue weighted by Crippen LogP contribution is 2.28. The topological polar surface area (TPSA) is 83.9 Å². The van der Waals surface area contributed by atoms with Crippen molar-refractivity contribution in [3.63, 3.8) is 0 Å². The molecule has 0 bridgehead atoms. The van der Waals surface area contributed by atoms with Crippen LogP contribution in [0.1, 0.15) is 28.3 Å². The molecule has 0 saturated carbocycles. The van der Waals surface area contributed by atoms with Crippen LogP contribution in [0.2, 0.25) is 5.02 Å². The summed E-state index contributed by atoms with van der Waals surface area (Å²) in [6, 6.07) is 11.2. The summed E-state index contributed by atoms with van der Waals surface area (Å²) in [5.74, 6) is 0.293. The Balaban J connectivity index is 1.98. The normalized spacial score (nSPS) is 11.4. The number of aryl methyl sites for hydroxylation is 2. The van der Waals surface area contributed by atoms with E-state index in [1.165, 1.54) is 0 Å². The van der Waals surface area contributed by atoms with Gasteiger partial charge in [-0.3, -0.25) is 4.79 Å². The van der Waals surface area contributed by atoms with Crippen LogP contribution >= 0.6 is 11.6 Å². The molecule has 7 heteroatoms. The van der Waals surface area contributed by atoms with Crippen LogP contribution in [0, 0.1) is 39.0 Å². The maximum atomic E-state index is 12.4. The van der Waals surface area contributed by atoms with Gasteiger partial charge in [-0.1, -0.05) is 22.8 Å². The molecular formula is C21H19ClN4O2. The van der Waals surface area contributed by atoms with Crippen molar-refractivity contribution in [3.8, 4) is 11.8 Å². The van der Waals surface area contributed by atoms with Crippen LogP contribution in [0.5, 0.6) is 0 Å². The number of rotatable bonds is 4. The molecule has 0 aliphatic heterocycles. The molecule has 142 valence electrons. The molecule has 3 aromatic rings. The SMILES string of the molecule is Cc1cc(NC(=O)/C(C#N)=C\c2cc(C)n(-c3cccc(Cl)c3C)c2C)no1. The summed E-state index contributed by atoms with van der Waals surface area (Å²) in [5.41, 5.74) is 4.55. The molecule has 0 aliphatic rings. The predicted octanol–water partition coefficient (Wildman–Crippen LogP) is 4.90. The fourth-order valence-corrected chi connectivity index (χ4v) is 3.23. The molecule has 6 nitrogen and oxygen atoms in total. The Bertz CT molecular complexity index is 1130. The van der Waals surface area contributed by atoms with Gasteiger partial charge in [0.15, 0.2) is 5.82 Å².